The van der Waals surface area contributed by atoms with E-state index in [1.165, 1.54) is 17.3 Å². The molecule has 1 amide bonds. The Balaban J connectivity index is 1.63. The number of benzene rings is 2. The molecule has 0 aliphatic rings. The lowest BCUT2D eigenvalue weighted by atomic mass is 10.1. The minimum Gasteiger partial charge on any atom is -0.325 e. The zero-order valence-electron chi connectivity index (χ0n) is 14.9. The Bertz CT molecular complexity index is 880. The van der Waals surface area contributed by atoms with Crippen LogP contribution in [0.1, 0.15) is 18.2 Å². The van der Waals surface area contributed by atoms with Crippen LogP contribution in [0.4, 0.5) is 5.69 Å². The summed E-state index contributed by atoms with van der Waals surface area (Å²) < 4.78 is 0. The molecule has 0 unspecified atom stereocenters. The Morgan fingerprint density at radius 1 is 1.04 bits per heavy atom. The number of nitrogens with one attached hydrogen (secondary N) is 1. The van der Waals surface area contributed by atoms with Crippen LogP contribution in [0, 0.1) is 6.92 Å². The summed E-state index contributed by atoms with van der Waals surface area (Å²) in [5.41, 5.74) is 4.86. The van der Waals surface area contributed by atoms with Crippen LogP contribution in [-0.4, -0.2) is 21.6 Å². The SMILES string of the molecule is CCc1ccc(NC(=O)CSc2nc(C)cc(-c3ccccc3)n2)cc1. The van der Waals surface area contributed by atoms with Gasteiger partial charge in [0.15, 0.2) is 5.16 Å². The van der Waals surface area contributed by atoms with Crippen LogP contribution in [-0.2, 0) is 11.2 Å². The predicted molar refractivity (Wildman–Crippen MR) is 107 cm³/mol. The van der Waals surface area contributed by atoms with Crippen molar-refractivity contribution in [1.29, 1.82) is 0 Å². The van der Waals surface area contributed by atoms with Gasteiger partial charge in [-0.25, -0.2) is 9.97 Å². The Hall–Kier alpha value is -2.66. The van der Waals surface area contributed by atoms with Gasteiger partial charge in [0.05, 0.1) is 11.4 Å². The molecule has 3 aromatic rings. The molecule has 0 atom stereocenters. The molecule has 5 heteroatoms. The molecule has 4 nitrogen and oxygen atoms in total. The maximum Gasteiger partial charge on any atom is 0.234 e. The first-order chi connectivity index (χ1) is 12.6. The van der Waals surface area contributed by atoms with Crippen molar-refractivity contribution in [2.75, 3.05) is 11.1 Å². The zero-order chi connectivity index (χ0) is 18.4. The predicted octanol–water partition coefficient (Wildman–Crippen LogP) is 4.75. The quantitative estimate of drug-likeness (QED) is 0.507. The minimum atomic E-state index is -0.0642. The third-order valence-electron chi connectivity index (χ3n) is 3.88. The highest BCUT2D eigenvalue weighted by Crippen LogP contribution is 2.21. The van der Waals surface area contributed by atoms with E-state index in [1.54, 1.807) is 0 Å². The fraction of sp³-hybridized carbons (Fsp3) is 0.190. The lowest BCUT2D eigenvalue weighted by Crippen LogP contribution is -2.14. The second kappa shape index (κ2) is 8.63. The average molecular weight is 363 g/mol. The second-order valence-electron chi connectivity index (χ2n) is 5.93. The lowest BCUT2D eigenvalue weighted by molar-refractivity contribution is -0.113. The summed E-state index contributed by atoms with van der Waals surface area (Å²) in [7, 11) is 0. The van der Waals surface area contributed by atoms with Crippen LogP contribution < -0.4 is 5.32 Å². The first-order valence-electron chi connectivity index (χ1n) is 8.56. The molecule has 0 spiro atoms. The summed E-state index contributed by atoms with van der Waals surface area (Å²) in [5.74, 6) is 0.207. The first kappa shape index (κ1) is 18.1. The molecule has 2 aromatic carbocycles. The number of nitrogens with zero attached hydrogens (tertiary/aromatic N) is 2. The Kier molecular flexibility index (Phi) is 6.02. The largest absolute Gasteiger partial charge is 0.325 e. The monoisotopic (exact) mass is 363 g/mol. The molecule has 0 fully saturated rings. The van der Waals surface area contributed by atoms with E-state index in [4.69, 9.17) is 0 Å². The summed E-state index contributed by atoms with van der Waals surface area (Å²) in [6, 6.07) is 19.8. The van der Waals surface area contributed by atoms with Gasteiger partial charge in [-0.3, -0.25) is 4.79 Å². The number of rotatable bonds is 6. The van der Waals surface area contributed by atoms with Gasteiger partial charge in [-0.1, -0.05) is 61.2 Å². The molecule has 0 radical (unpaired) electrons. The Labute approximate surface area is 158 Å². The van der Waals surface area contributed by atoms with E-state index in [2.05, 4.69) is 22.2 Å². The van der Waals surface area contributed by atoms with Crippen LogP contribution >= 0.6 is 11.8 Å². The smallest absolute Gasteiger partial charge is 0.234 e. The minimum absolute atomic E-state index is 0.0642. The van der Waals surface area contributed by atoms with Crippen molar-refractivity contribution in [3.63, 3.8) is 0 Å². The van der Waals surface area contributed by atoms with E-state index in [0.29, 0.717) is 5.16 Å². The van der Waals surface area contributed by atoms with Gasteiger partial charge in [0.25, 0.3) is 0 Å². The molecule has 132 valence electrons. The van der Waals surface area contributed by atoms with Gasteiger partial charge in [-0.15, -0.1) is 0 Å². The highest BCUT2D eigenvalue weighted by molar-refractivity contribution is 7.99. The van der Waals surface area contributed by atoms with Crippen LogP contribution in [0.25, 0.3) is 11.3 Å². The van der Waals surface area contributed by atoms with Crippen molar-refractivity contribution in [1.82, 2.24) is 9.97 Å². The van der Waals surface area contributed by atoms with E-state index < -0.39 is 0 Å². The number of carbonyl (C=O) groups is 1. The van der Waals surface area contributed by atoms with Gasteiger partial charge in [0, 0.05) is 16.9 Å². The normalized spacial score (nSPS) is 10.5. The number of aromatic nitrogens is 2. The fourth-order valence-electron chi connectivity index (χ4n) is 2.51. The van der Waals surface area contributed by atoms with Crippen LogP contribution in [0.5, 0.6) is 0 Å². The number of anilines is 1. The zero-order valence-corrected chi connectivity index (χ0v) is 15.7. The van der Waals surface area contributed by atoms with Crippen molar-refractivity contribution >= 4 is 23.4 Å². The van der Waals surface area contributed by atoms with E-state index >= 15 is 0 Å². The third-order valence-corrected chi connectivity index (χ3v) is 4.73. The Morgan fingerprint density at radius 2 is 1.77 bits per heavy atom. The summed E-state index contributed by atoms with van der Waals surface area (Å²) in [6.45, 7) is 4.04. The van der Waals surface area contributed by atoms with Gasteiger partial charge < -0.3 is 5.32 Å². The topological polar surface area (TPSA) is 54.9 Å². The van der Waals surface area contributed by atoms with Crippen molar-refractivity contribution in [3.8, 4) is 11.3 Å². The van der Waals surface area contributed by atoms with Gasteiger partial charge in [0.1, 0.15) is 0 Å². The molecule has 0 aliphatic heterocycles. The van der Waals surface area contributed by atoms with Gasteiger partial charge in [-0.2, -0.15) is 0 Å². The molecule has 1 heterocycles. The highest BCUT2D eigenvalue weighted by Gasteiger charge is 2.09. The number of amides is 1. The molecular formula is C21H21N3OS. The summed E-state index contributed by atoms with van der Waals surface area (Å²) >= 11 is 1.34. The number of aryl methyl sites for hydroxylation is 2. The van der Waals surface area contributed by atoms with Crippen LogP contribution in [0.3, 0.4) is 0 Å². The van der Waals surface area contributed by atoms with Crippen LogP contribution in [0.2, 0.25) is 0 Å². The van der Waals surface area contributed by atoms with E-state index in [1.807, 2.05) is 67.6 Å². The lowest BCUT2D eigenvalue weighted by Gasteiger charge is -2.07. The molecule has 0 saturated heterocycles. The van der Waals surface area contributed by atoms with Gasteiger partial charge in [-0.05, 0) is 37.1 Å². The molecule has 0 saturated carbocycles. The average Bonchev–Trinajstić information content (AvgIpc) is 2.67. The standard InChI is InChI=1S/C21H21N3OS/c1-3-16-9-11-18(12-10-16)23-20(25)14-26-21-22-15(2)13-19(24-21)17-7-5-4-6-8-17/h4-13H,3,14H2,1-2H3,(H,23,25). The molecule has 26 heavy (non-hydrogen) atoms. The summed E-state index contributed by atoms with van der Waals surface area (Å²) in [4.78, 5) is 21.2. The van der Waals surface area contributed by atoms with Crippen molar-refractivity contribution in [3.05, 3.63) is 71.9 Å². The third kappa shape index (κ3) is 4.92. The number of thioether (sulfide) groups is 1. The van der Waals surface area contributed by atoms with Gasteiger partial charge in [0.2, 0.25) is 5.91 Å². The van der Waals surface area contributed by atoms with Crippen molar-refractivity contribution < 1.29 is 4.79 Å². The highest BCUT2D eigenvalue weighted by atomic mass is 32.2. The maximum atomic E-state index is 12.2. The Morgan fingerprint density at radius 3 is 2.46 bits per heavy atom. The number of carbonyl (C=O) groups excluding carboxylic acids is 1. The molecule has 0 aliphatic carbocycles. The van der Waals surface area contributed by atoms with Crippen molar-refractivity contribution in [2.45, 2.75) is 25.4 Å². The molecule has 1 N–H and O–H groups in total. The molecule has 3 rings (SSSR count). The first-order valence-corrected chi connectivity index (χ1v) is 9.55. The van der Waals surface area contributed by atoms with E-state index in [-0.39, 0.29) is 11.7 Å². The molecule has 1 aromatic heterocycles. The van der Waals surface area contributed by atoms with Crippen LogP contribution in [0.15, 0.2) is 65.8 Å². The summed E-state index contributed by atoms with van der Waals surface area (Å²) in [5, 5.41) is 3.52. The van der Waals surface area contributed by atoms with Gasteiger partial charge >= 0.3 is 0 Å². The summed E-state index contributed by atoms with van der Waals surface area (Å²) in [6.07, 6.45) is 0.985. The van der Waals surface area contributed by atoms with Crippen molar-refractivity contribution in [2.24, 2.45) is 0 Å². The number of hydrogen-bond acceptors (Lipinski definition) is 4. The molecular weight excluding hydrogens is 342 g/mol. The van der Waals surface area contributed by atoms with E-state index in [9.17, 15) is 4.79 Å². The molecule has 0 bridgehead atoms. The second-order valence-corrected chi connectivity index (χ2v) is 6.87. The number of hydrogen-bond donors (Lipinski definition) is 1. The fourth-order valence-corrected chi connectivity index (χ4v) is 3.22. The maximum absolute atomic E-state index is 12.2. The van der Waals surface area contributed by atoms with E-state index in [0.717, 1.165) is 29.1 Å².